The lowest BCUT2D eigenvalue weighted by molar-refractivity contribution is -0.417. The number of hydrogen-bond acceptors (Lipinski definition) is 19. The zero-order valence-corrected chi connectivity index (χ0v) is 40.5. The van der Waals surface area contributed by atoms with Crippen molar-refractivity contribution >= 4 is 0 Å². The maximum absolute atomic E-state index is 12.7. The van der Waals surface area contributed by atoms with Crippen LogP contribution in [0.3, 0.4) is 0 Å². The van der Waals surface area contributed by atoms with Crippen molar-refractivity contribution in [2.24, 2.45) is 45.3 Å². The number of aliphatic hydroxyl groups excluding tert-OH is 12. The van der Waals surface area contributed by atoms with Crippen molar-refractivity contribution in [1.29, 1.82) is 0 Å². The maximum atomic E-state index is 12.7. The molecule has 4 saturated carbocycles. The van der Waals surface area contributed by atoms with Gasteiger partial charge in [0.05, 0.1) is 37.1 Å². The summed E-state index contributed by atoms with van der Waals surface area (Å²) in [5, 5.41) is 143. The van der Waals surface area contributed by atoms with Crippen molar-refractivity contribution in [1.82, 2.24) is 0 Å². The van der Waals surface area contributed by atoms with Crippen LogP contribution in [0.2, 0.25) is 0 Å². The first-order chi connectivity index (χ1) is 31.0. The molecule has 19 heteroatoms. The van der Waals surface area contributed by atoms with Crippen molar-refractivity contribution in [3.8, 4) is 0 Å². The van der Waals surface area contributed by atoms with Gasteiger partial charge >= 0.3 is 0 Å². The smallest absolute Gasteiger partial charge is 0.194 e. The zero-order valence-electron chi connectivity index (χ0n) is 40.5. The second kappa shape index (κ2) is 19.1. The fraction of sp³-hybridized carbons (Fsp3) is 0.958. The Morgan fingerprint density at radius 1 is 0.701 bits per heavy atom. The minimum atomic E-state index is -2.40. The Morgan fingerprint density at radius 2 is 1.30 bits per heavy atom. The third-order valence-electron chi connectivity index (χ3n) is 18.7. The summed E-state index contributed by atoms with van der Waals surface area (Å²) in [7, 11) is 0. The average Bonchev–Trinajstić information content (AvgIpc) is 3.64. The summed E-state index contributed by atoms with van der Waals surface area (Å²) in [4.78, 5) is 0. The fourth-order valence-corrected chi connectivity index (χ4v) is 14.9. The number of allylic oxidation sites excluding steroid dienone is 2. The van der Waals surface area contributed by atoms with Gasteiger partial charge in [-0.2, -0.15) is 0 Å². The lowest BCUT2D eigenvalue weighted by Crippen LogP contribution is -2.71. The first-order valence-electron chi connectivity index (χ1n) is 24.4. The van der Waals surface area contributed by atoms with E-state index in [4.69, 9.17) is 28.4 Å². The molecule has 3 saturated heterocycles. The molecule has 0 spiro atoms. The largest absolute Gasteiger partial charge is 0.394 e. The molecule has 13 N–H and O–H groups in total. The van der Waals surface area contributed by atoms with E-state index in [0.29, 0.717) is 51.4 Å². The first-order valence-corrected chi connectivity index (χ1v) is 24.4. The van der Waals surface area contributed by atoms with E-state index in [1.54, 1.807) is 0 Å². The minimum Gasteiger partial charge on any atom is -0.394 e. The van der Waals surface area contributed by atoms with Gasteiger partial charge in [-0.05, 0) is 124 Å². The van der Waals surface area contributed by atoms with E-state index in [1.165, 1.54) is 0 Å². The first kappa shape index (κ1) is 53.8. The molecule has 19 nitrogen and oxygen atoms in total. The highest BCUT2D eigenvalue weighted by molar-refractivity contribution is 5.22. The third kappa shape index (κ3) is 8.92. The second-order valence-corrected chi connectivity index (χ2v) is 23.3. The molecule has 0 amide bonds. The zero-order chi connectivity index (χ0) is 49.7. The van der Waals surface area contributed by atoms with E-state index in [-0.39, 0.29) is 11.8 Å². The van der Waals surface area contributed by atoms with E-state index < -0.39 is 162 Å². The Bertz CT molecular complexity index is 1750. The molecule has 67 heavy (non-hydrogen) atoms. The van der Waals surface area contributed by atoms with Gasteiger partial charge in [0.2, 0.25) is 0 Å². The quantitative estimate of drug-likeness (QED) is 0.0849. The molecule has 26 unspecified atom stereocenters. The predicted octanol–water partition coefficient (Wildman–Crippen LogP) is -0.708. The van der Waals surface area contributed by atoms with Crippen molar-refractivity contribution in [2.75, 3.05) is 13.2 Å². The monoisotopic (exact) mass is 963 g/mol. The van der Waals surface area contributed by atoms with Crippen LogP contribution >= 0.6 is 0 Å². The van der Waals surface area contributed by atoms with Crippen LogP contribution in [0.15, 0.2) is 11.6 Å². The molecule has 388 valence electrons. The molecule has 7 aliphatic rings. The molecule has 3 aliphatic heterocycles. The molecule has 0 radical (unpaired) electrons. The lowest BCUT2D eigenvalue weighted by atomic mass is 9.34. The lowest BCUT2D eigenvalue weighted by Gasteiger charge is -2.72. The topological polar surface area (TPSA) is 318 Å². The summed E-state index contributed by atoms with van der Waals surface area (Å²) >= 11 is 0. The van der Waals surface area contributed by atoms with Crippen molar-refractivity contribution in [3.05, 3.63) is 11.6 Å². The fourth-order valence-electron chi connectivity index (χ4n) is 14.9. The van der Waals surface area contributed by atoms with Crippen LogP contribution in [-0.4, -0.2) is 195 Å². The van der Waals surface area contributed by atoms with E-state index in [0.717, 1.165) is 12.5 Å². The molecule has 4 aliphatic carbocycles. The molecule has 7 rings (SSSR count). The summed E-state index contributed by atoms with van der Waals surface area (Å²) < 4.78 is 37.6. The second-order valence-electron chi connectivity index (χ2n) is 23.3. The van der Waals surface area contributed by atoms with Gasteiger partial charge in [-0.1, -0.05) is 46.3 Å². The normalized spacial score (nSPS) is 54.0. The van der Waals surface area contributed by atoms with Gasteiger partial charge in [0.1, 0.15) is 67.1 Å². The third-order valence-corrected chi connectivity index (χ3v) is 18.7. The van der Waals surface area contributed by atoms with Crippen molar-refractivity contribution < 1.29 is 94.8 Å². The Balaban J connectivity index is 1.27. The highest BCUT2D eigenvalue weighted by Gasteiger charge is 2.74. The molecule has 0 aromatic heterocycles. The van der Waals surface area contributed by atoms with E-state index in [2.05, 4.69) is 26.8 Å². The molecule has 3 heterocycles. The van der Waals surface area contributed by atoms with Gasteiger partial charge < -0.3 is 94.8 Å². The van der Waals surface area contributed by atoms with Gasteiger partial charge in [-0.15, -0.1) is 0 Å². The number of ether oxygens (including phenoxy) is 6. The summed E-state index contributed by atoms with van der Waals surface area (Å²) in [5.74, 6) is -3.65. The van der Waals surface area contributed by atoms with Gasteiger partial charge in [-0.3, -0.25) is 0 Å². The molecular formula is C48H82O19. The molecule has 7 fully saturated rings. The molecular weight excluding hydrogens is 881 g/mol. The molecule has 0 aromatic rings. The molecule has 26 atom stereocenters. The number of hydrogen-bond donors (Lipinski definition) is 13. The Morgan fingerprint density at radius 3 is 1.91 bits per heavy atom. The number of aliphatic hydroxyl groups is 13. The Labute approximate surface area is 393 Å². The van der Waals surface area contributed by atoms with E-state index in [1.807, 2.05) is 34.6 Å². The highest BCUT2D eigenvalue weighted by atomic mass is 16.8. The van der Waals surface area contributed by atoms with Crippen LogP contribution in [0, 0.1) is 45.3 Å². The summed E-state index contributed by atoms with van der Waals surface area (Å²) in [6, 6.07) is 0. The van der Waals surface area contributed by atoms with Gasteiger partial charge in [-0.25, -0.2) is 0 Å². The number of rotatable bonds is 12. The summed E-state index contributed by atoms with van der Waals surface area (Å²) in [6.45, 7) is 16.2. The van der Waals surface area contributed by atoms with Crippen LogP contribution in [0.25, 0.3) is 0 Å². The molecule has 0 aromatic carbocycles. The van der Waals surface area contributed by atoms with E-state index in [9.17, 15) is 66.4 Å². The maximum Gasteiger partial charge on any atom is 0.194 e. The van der Waals surface area contributed by atoms with Gasteiger partial charge in [0.15, 0.2) is 24.7 Å². The molecule has 0 bridgehead atoms. The van der Waals surface area contributed by atoms with Crippen molar-refractivity contribution in [3.63, 3.8) is 0 Å². The van der Waals surface area contributed by atoms with Gasteiger partial charge in [0.25, 0.3) is 0 Å². The van der Waals surface area contributed by atoms with Crippen LogP contribution in [0.1, 0.15) is 114 Å². The SMILES string of the molecule is CC(C)=CCCC(C)(OC1OC(CO)C(O)C(O)C1O)C1CCC2(C)C1C(O)CC1C3(C)CCC(O)C(C)(C)C3C(OC3OC(CO)C(O)C(O)C3OC3OC(C)(O)C(O)C(O)C3O)CC12C. The van der Waals surface area contributed by atoms with Gasteiger partial charge in [0, 0.05) is 0 Å². The van der Waals surface area contributed by atoms with Crippen LogP contribution in [-0.2, 0) is 28.4 Å². The summed E-state index contributed by atoms with van der Waals surface area (Å²) in [6.07, 6.45) is -19.5. The van der Waals surface area contributed by atoms with Crippen LogP contribution in [0.5, 0.6) is 0 Å². The van der Waals surface area contributed by atoms with Crippen molar-refractivity contribution in [2.45, 2.75) is 229 Å². The predicted molar refractivity (Wildman–Crippen MR) is 235 cm³/mol. The van der Waals surface area contributed by atoms with Crippen LogP contribution < -0.4 is 0 Å². The number of fused-ring (bicyclic) bond motifs is 5. The van der Waals surface area contributed by atoms with E-state index >= 15 is 0 Å². The van der Waals surface area contributed by atoms with Crippen LogP contribution in [0.4, 0.5) is 0 Å². The summed E-state index contributed by atoms with van der Waals surface area (Å²) in [5.41, 5.74) is -2.61. The Hall–Kier alpha value is -1.02. The minimum absolute atomic E-state index is 0.118. The average molecular weight is 963 g/mol. The Kier molecular flexibility index (Phi) is 15.3. The standard InChI is InChI=1S/C48H82O19/c1-21(2)11-10-14-47(8,66-40-35(58)32(55)30(53)25(19-49)63-40)22-12-16-45(6)29(22)23(51)17-27-44(5)15-13-28(52)43(3,4)38(44)24(18-46(27,45)7)62-42-37(33(56)31(54)26(20-50)64-42)65-41-36(59)34(57)39(60)48(9,61)67-41/h11,22-42,49-61H,10,12-20H2,1-9H3. The highest BCUT2D eigenvalue weighted by Crippen LogP contribution is 2.76.